The first-order valence-electron chi connectivity index (χ1n) is 10.4. The molecule has 4 rings (SSSR count). The second-order valence-electron chi connectivity index (χ2n) is 7.72. The maximum atomic E-state index is 13.8. The molecule has 1 aliphatic rings. The quantitative estimate of drug-likeness (QED) is 0.270. The van der Waals surface area contributed by atoms with Crippen LogP contribution in [0, 0.1) is 5.41 Å². The van der Waals surface area contributed by atoms with E-state index in [4.69, 9.17) is 16.9 Å². The Morgan fingerprint density at radius 3 is 2.66 bits per heavy atom. The normalized spacial score (nSPS) is 15.7. The zero-order valence-electron chi connectivity index (χ0n) is 18.5. The number of carbonyl (C=O) groups excluding carboxylic acids is 1. The lowest BCUT2D eigenvalue weighted by molar-refractivity contribution is -0.555. The molecule has 180 valence electrons. The number of nitrogens with one attached hydrogen (secondary N) is 2. The largest absolute Gasteiger partial charge is 0.449 e. The van der Waals surface area contributed by atoms with E-state index in [0.29, 0.717) is 28.1 Å². The summed E-state index contributed by atoms with van der Waals surface area (Å²) in [7, 11) is 1.80. The fourth-order valence-electron chi connectivity index (χ4n) is 3.83. The number of quaternary nitrogens is 1. The molecule has 8 N–H and O–H groups in total. The number of hydrogen-bond acceptors (Lipinski definition) is 6. The first kappa shape index (κ1) is 23.7. The maximum Gasteiger partial charge on any atom is 0.449 e. The SMILES string of the molecule is C[NH2+]/C=C(\C=N)c1cn(-c2cccc3c2NC(C(F)(F)F)=NC3c2ccc(C(N)=O)cc2N)cn1. The van der Waals surface area contributed by atoms with Gasteiger partial charge in [-0.1, -0.05) is 18.2 Å². The van der Waals surface area contributed by atoms with Crippen LogP contribution in [0.15, 0.2) is 60.1 Å². The molecule has 0 bridgehead atoms. The third-order valence-corrected chi connectivity index (χ3v) is 5.46. The van der Waals surface area contributed by atoms with Gasteiger partial charge in [0.05, 0.1) is 36.0 Å². The number of rotatable bonds is 6. The number of aliphatic imine (C=N–C) groups is 1. The molecule has 0 fully saturated rings. The molecule has 9 nitrogen and oxygen atoms in total. The van der Waals surface area contributed by atoms with Crippen molar-refractivity contribution in [2.24, 2.45) is 10.7 Å². The van der Waals surface area contributed by atoms with E-state index in [9.17, 15) is 18.0 Å². The topological polar surface area (TPSA) is 152 Å². The Bertz CT molecular complexity index is 1370. The van der Waals surface area contributed by atoms with Crippen LogP contribution in [-0.2, 0) is 0 Å². The number of para-hydroxylation sites is 1. The van der Waals surface area contributed by atoms with Gasteiger partial charge in [0.2, 0.25) is 11.7 Å². The van der Waals surface area contributed by atoms with Gasteiger partial charge in [-0.2, -0.15) is 13.2 Å². The summed E-state index contributed by atoms with van der Waals surface area (Å²) in [6.07, 6.45) is 1.19. The van der Waals surface area contributed by atoms with Gasteiger partial charge >= 0.3 is 6.18 Å². The number of hydrogen-bond donors (Lipinski definition) is 5. The van der Waals surface area contributed by atoms with Crippen LogP contribution in [0.4, 0.5) is 24.5 Å². The lowest BCUT2D eigenvalue weighted by Crippen LogP contribution is -2.72. The van der Waals surface area contributed by atoms with Gasteiger partial charge in [-0.3, -0.25) is 9.79 Å². The predicted molar refractivity (Wildman–Crippen MR) is 127 cm³/mol. The van der Waals surface area contributed by atoms with Crippen LogP contribution in [0.2, 0.25) is 0 Å². The Kier molecular flexibility index (Phi) is 6.14. The summed E-state index contributed by atoms with van der Waals surface area (Å²) in [6.45, 7) is 0. The lowest BCUT2D eigenvalue weighted by atomic mass is 9.93. The number of halogens is 3. The highest BCUT2D eigenvalue weighted by Crippen LogP contribution is 2.42. The summed E-state index contributed by atoms with van der Waals surface area (Å²) < 4.78 is 43.1. The van der Waals surface area contributed by atoms with Gasteiger partial charge in [0.15, 0.2) is 0 Å². The van der Waals surface area contributed by atoms with Crippen molar-refractivity contribution in [3.05, 3.63) is 77.5 Å². The summed E-state index contributed by atoms with van der Waals surface area (Å²) in [6, 6.07) is 8.09. The maximum absolute atomic E-state index is 13.8. The highest BCUT2D eigenvalue weighted by molar-refractivity contribution is 6.07. The van der Waals surface area contributed by atoms with Crippen molar-refractivity contribution in [2.75, 3.05) is 18.1 Å². The molecule has 2 aromatic carbocycles. The molecule has 0 spiro atoms. The smallest absolute Gasteiger partial charge is 0.398 e. The molecule has 1 atom stereocenters. The van der Waals surface area contributed by atoms with Crippen LogP contribution < -0.4 is 22.1 Å². The van der Waals surface area contributed by atoms with E-state index in [1.165, 1.54) is 24.5 Å². The first-order chi connectivity index (χ1) is 16.6. The number of anilines is 2. The minimum Gasteiger partial charge on any atom is -0.398 e. The van der Waals surface area contributed by atoms with E-state index in [-0.39, 0.29) is 16.9 Å². The van der Waals surface area contributed by atoms with Crippen molar-refractivity contribution in [1.82, 2.24) is 9.55 Å². The van der Waals surface area contributed by atoms with E-state index in [1.54, 1.807) is 47.5 Å². The van der Waals surface area contributed by atoms with E-state index in [0.717, 1.165) is 6.21 Å². The van der Waals surface area contributed by atoms with Crippen LogP contribution in [0.3, 0.4) is 0 Å². The Morgan fingerprint density at radius 2 is 2.03 bits per heavy atom. The molecule has 2 heterocycles. The lowest BCUT2D eigenvalue weighted by Gasteiger charge is -2.29. The van der Waals surface area contributed by atoms with Crippen LogP contribution in [-0.4, -0.2) is 40.7 Å². The Balaban J connectivity index is 1.87. The van der Waals surface area contributed by atoms with Crippen LogP contribution in [0.1, 0.15) is 33.2 Å². The molecule has 1 unspecified atom stereocenters. The number of alkyl halides is 3. The number of nitrogens with zero attached hydrogens (tertiary/aromatic N) is 3. The summed E-state index contributed by atoms with van der Waals surface area (Å²) in [5.41, 5.74) is 14.0. The van der Waals surface area contributed by atoms with Crippen molar-refractivity contribution in [3.63, 3.8) is 0 Å². The Morgan fingerprint density at radius 1 is 1.26 bits per heavy atom. The van der Waals surface area contributed by atoms with E-state index < -0.39 is 24.0 Å². The second kappa shape index (κ2) is 9.06. The summed E-state index contributed by atoms with van der Waals surface area (Å²) in [5.74, 6) is -1.88. The fraction of sp³-hybridized carbons (Fsp3) is 0.130. The number of allylic oxidation sites excluding steroid dienone is 1. The van der Waals surface area contributed by atoms with Crippen molar-refractivity contribution in [2.45, 2.75) is 12.2 Å². The number of fused-ring (bicyclic) bond motifs is 1. The van der Waals surface area contributed by atoms with Gasteiger partial charge in [-0.15, -0.1) is 0 Å². The highest BCUT2D eigenvalue weighted by Gasteiger charge is 2.41. The van der Waals surface area contributed by atoms with E-state index in [2.05, 4.69) is 15.3 Å². The van der Waals surface area contributed by atoms with Crippen molar-refractivity contribution >= 4 is 34.9 Å². The van der Waals surface area contributed by atoms with Gasteiger partial charge in [0, 0.05) is 34.8 Å². The molecule has 0 saturated carbocycles. The minimum absolute atomic E-state index is 0.0938. The minimum atomic E-state index is -4.75. The average molecular weight is 483 g/mol. The zero-order valence-corrected chi connectivity index (χ0v) is 18.5. The monoisotopic (exact) mass is 483 g/mol. The van der Waals surface area contributed by atoms with Crippen LogP contribution in [0.25, 0.3) is 11.3 Å². The Hall–Kier alpha value is -4.45. The Labute approximate surface area is 197 Å². The van der Waals surface area contributed by atoms with Gasteiger partial charge in [0.25, 0.3) is 0 Å². The van der Waals surface area contributed by atoms with Gasteiger partial charge in [-0.25, -0.2) is 4.98 Å². The number of primary amides is 1. The van der Waals surface area contributed by atoms with Gasteiger partial charge in [0.1, 0.15) is 12.2 Å². The first-order valence-corrected chi connectivity index (χ1v) is 10.4. The van der Waals surface area contributed by atoms with Crippen LogP contribution >= 0.6 is 0 Å². The third-order valence-electron chi connectivity index (χ3n) is 5.46. The summed E-state index contributed by atoms with van der Waals surface area (Å²) in [5, 5.41) is 11.8. The molecular weight excluding hydrogens is 461 g/mol. The highest BCUT2D eigenvalue weighted by atomic mass is 19.4. The molecule has 0 saturated heterocycles. The fourth-order valence-corrected chi connectivity index (χ4v) is 3.83. The van der Waals surface area contributed by atoms with Gasteiger partial charge < -0.3 is 32.1 Å². The molecule has 0 aliphatic carbocycles. The standard InChI is InChI=1S/C23H21F3N8O/c1-30-9-13(8-27)17-10-34(11-31-17)18-4-2-3-15-19(32-22(23(24,25)26)33-20(15)18)14-6-5-12(21(29)35)7-16(14)28/h2-11,19,27,30H,28H2,1H3,(H2,29,35)(H,32,33)/p+1/b13-9+,27-8?. The van der Waals surface area contributed by atoms with E-state index >= 15 is 0 Å². The molecular formula is C23H22F3N8O+. The number of imidazole rings is 1. The van der Waals surface area contributed by atoms with E-state index in [1.807, 2.05) is 0 Å². The number of benzene rings is 2. The zero-order chi connectivity index (χ0) is 25.3. The average Bonchev–Trinajstić information content (AvgIpc) is 3.30. The molecule has 1 amide bonds. The predicted octanol–water partition coefficient (Wildman–Crippen LogP) is 2.21. The molecule has 1 aromatic heterocycles. The second-order valence-corrected chi connectivity index (χ2v) is 7.72. The number of carbonyl (C=O) groups is 1. The third kappa shape index (κ3) is 4.51. The molecule has 12 heteroatoms. The molecule has 0 radical (unpaired) electrons. The van der Waals surface area contributed by atoms with Crippen LogP contribution in [0.5, 0.6) is 0 Å². The number of amidine groups is 1. The number of nitrogens with two attached hydrogens (primary N) is 3. The molecule has 3 aromatic rings. The number of aromatic nitrogens is 2. The number of nitrogen functional groups attached to an aromatic ring is 1. The van der Waals surface area contributed by atoms with Gasteiger partial charge in [-0.05, 0) is 18.2 Å². The van der Waals surface area contributed by atoms with Crippen molar-refractivity contribution in [3.8, 4) is 5.69 Å². The molecule has 1 aliphatic heterocycles. The summed E-state index contributed by atoms with van der Waals surface area (Å²) in [4.78, 5) is 19.7. The molecule has 35 heavy (non-hydrogen) atoms. The number of amides is 1. The summed E-state index contributed by atoms with van der Waals surface area (Å²) >= 11 is 0. The van der Waals surface area contributed by atoms with Crippen molar-refractivity contribution in [1.29, 1.82) is 5.41 Å². The van der Waals surface area contributed by atoms with Crippen molar-refractivity contribution < 1.29 is 23.3 Å².